The summed E-state index contributed by atoms with van der Waals surface area (Å²) < 4.78 is 0. The molecular formula is C8H18N2. The van der Waals surface area contributed by atoms with Crippen molar-refractivity contribution in [3.8, 4) is 0 Å². The van der Waals surface area contributed by atoms with Crippen molar-refractivity contribution in [2.75, 3.05) is 33.7 Å². The highest BCUT2D eigenvalue weighted by Gasteiger charge is 2.14. The van der Waals surface area contributed by atoms with Gasteiger partial charge < -0.3 is 10.2 Å². The van der Waals surface area contributed by atoms with E-state index in [0.717, 1.165) is 5.92 Å². The van der Waals surface area contributed by atoms with Gasteiger partial charge in [-0.3, -0.25) is 0 Å². The predicted molar refractivity (Wildman–Crippen MR) is 44.1 cm³/mol. The van der Waals surface area contributed by atoms with Crippen molar-refractivity contribution >= 4 is 0 Å². The molecule has 0 aromatic carbocycles. The Kier molecular flexibility index (Phi) is 3.16. The van der Waals surface area contributed by atoms with Crippen molar-refractivity contribution < 1.29 is 0 Å². The van der Waals surface area contributed by atoms with Crippen molar-refractivity contribution in [3.05, 3.63) is 0 Å². The lowest BCUT2D eigenvalue weighted by atomic mass is 9.97. The average Bonchev–Trinajstić information content (AvgIpc) is 1.95. The molecule has 2 nitrogen and oxygen atoms in total. The molecule has 0 atom stereocenters. The summed E-state index contributed by atoms with van der Waals surface area (Å²) in [6.07, 6.45) is 2.74. The van der Waals surface area contributed by atoms with Crippen LogP contribution in [0.4, 0.5) is 0 Å². The zero-order valence-electron chi connectivity index (χ0n) is 7.06. The van der Waals surface area contributed by atoms with Crippen LogP contribution < -0.4 is 5.32 Å². The quantitative estimate of drug-likeness (QED) is 0.605. The summed E-state index contributed by atoms with van der Waals surface area (Å²) in [5, 5.41) is 3.23. The molecule has 0 bridgehead atoms. The van der Waals surface area contributed by atoms with Crippen LogP contribution in [0.3, 0.4) is 0 Å². The summed E-state index contributed by atoms with van der Waals surface area (Å²) in [6, 6.07) is 0. The third-order valence-electron chi connectivity index (χ3n) is 2.33. The van der Waals surface area contributed by atoms with Gasteiger partial charge in [0.25, 0.3) is 0 Å². The maximum Gasteiger partial charge on any atom is -0.00187 e. The molecule has 1 heterocycles. The van der Waals surface area contributed by atoms with E-state index in [0.29, 0.717) is 0 Å². The normalized spacial score (nSPS) is 23.4. The topological polar surface area (TPSA) is 15.3 Å². The van der Waals surface area contributed by atoms with E-state index in [1.165, 1.54) is 32.5 Å². The number of nitrogens with zero attached hydrogens (tertiary/aromatic N) is 1. The first-order valence-electron chi connectivity index (χ1n) is 4.16. The van der Waals surface area contributed by atoms with Crippen molar-refractivity contribution in [3.63, 3.8) is 0 Å². The number of rotatable bonds is 2. The van der Waals surface area contributed by atoms with Crippen molar-refractivity contribution in [1.29, 1.82) is 0 Å². The van der Waals surface area contributed by atoms with Gasteiger partial charge in [0.2, 0.25) is 0 Å². The Balaban J connectivity index is 2.13. The smallest absolute Gasteiger partial charge is 0.00187 e. The molecule has 0 aliphatic carbocycles. The molecule has 1 rings (SSSR count). The highest BCUT2D eigenvalue weighted by Crippen LogP contribution is 2.14. The zero-order chi connectivity index (χ0) is 7.40. The molecule has 0 amide bonds. The fourth-order valence-electron chi connectivity index (χ4n) is 1.55. The van der Waals surface area contributed by atoms with Gasteiger partial charge in [0.15, 0.2) is 0 Å². The van der Waals surface area contributed by atoms with Gasteiger partial charge in [0.1, 0.15) is 0 Å². The van der Waals surface area contributed by atoms with Gasteiger partial charge in [-0.15, -0.1) is 0 Å². The van der Waals surface area contributed by atoms with Crippen LogP contribution >= 0.6 is 0 Å². The van der Waals surface area contributed by atoms with Crippen LogP contribution in [-0.2, 0) is 0 Å². The number of nitrogens with one attached hydrogen (secondary N) is 1. The summed E-state index contributed by atoms with van der Waals surface area (Å²) in [6.45, 7) is 3.77. The molecule has 1 aliphatic rings. The van der Waals surface area contributed by atoms with Gasteiger partial charge in [0.05, 0.1) is 0 Å². The Bertz CT molecular complexity index is 85.3. The van der Waals surface area contributed by atoms with E-state index >= 15 is 0 Å². The first-order valence-corrected chi connectivity index (χ1v) is 4.16. The number of hydrogen-bond acceptors (Lipinski definition) is 2. The largest absolute Gasteiger partial charge is 0.319 e. The lowest BCUT2D eigenvalue weighted by molar-refractivity contribution is 0.218. The number of piperidine rings is 1. The van der Waals surface area contributed by atoms with Crippen LogP contribution in [0.2, 0.25) is 0 Å². The van der Waals surface area contributed by atoms with Crippen LogP contribution in [0.25, 0.3) is 0 Å². The van der Waals surface area contributed by atoms with E-state index in [4.69, 9.17) is 0 Å². The molecule has 1 N–H and O–H groups in total. The Morgan fingerprint density at radius 1 is 1.40 bits per heavy atom. The average molecular weight is 142 g/mol. The first kappa shape index (κ1) is 8.02. The van der Waals surface area contributed by atoms with Gasteiger partial charge >= 0.3 is 0 Å². The molecule has 0 unspecified atom stereocenters. The third-order valence-corrected chi connectivity index (χ3v) is 2.33. The standard InChI is InChI=1S/C8H18N2/c1-9-7-8-3-5-10(2)6-4-8/h8-9H,3-7H2,1-2H3. The van der Waals surface area contributed by atoms with Crippen molar-refractivity contribution in [1.82, 2.24) is 10.2 Å². The number of likely N-dealkylation sites (tertiary alicyclic amines) is 1. The van der Waals surface area contributed by atoms with Crippen molar-refractivity contribution in [2.45, 2.75) is 12.8 Å². The molecule has 1 aliphatic heterocycles. The molecule has 0 aromatic heterocycles. The monoisotopic (exact) mass is 142 g/mol. The van der Waals surface area contributed by atoms with E-state index in [9.17, 15) is 0 Å². The molecule has 0 saturated carbocycles. The van der Waals surface area contributed by atoms with Gasteiger partial charge in [-0.1, -0.05) is 0 Å². The summed E-state index contributed by atoms with van der Waals surface area (Å²) in [4.78, 5) is 2.41. The minimum absolute atomic E-state index is 0.932. The Labute approximate surface area is 63.6 Å². The van der Waals surface area contributed by atoms with Crippen LogP contribution in [0.5, 0.6) is 0 Å². The minimum Gasteiger partial charge on any atom is -0.319 e. The molecule has 0 spiro atoms. The van der Waals surface area contributed by atoms with E-state index in [1.54, 1.807) is 0 Å². The molecule has 1 saturated heterocycles. The molecular weight excluding hydrogens is 124 g/mol. The minimum atomic E-state index is 0.932. The van der Waals surface area contributed by atoms with Crippen molar-refractivity contribution in [2.24, 2.45) is 5.92 Å². The Morgan fingerprint density at radius 3 is 2.50 bits per heavy atom. The Morgan fingerprint density at radius 2 is 2.00 bits per heavy atom. The van der Waals surface area contributed by atoms with E-state index in [2.05, 4.69) is 17.3 Å². The van der Waals surface area contributed by atoms with Gasteiger partial charge in [-0.05, 0) is 52.5 Å². The zero-order valence-corrected chi connectivity index (χ0v) is 7.06. The highest BCUT2D eigenvalue weighted by molar-refractivity contribution is 4.70. The summed E-state index contributed by atoms with van der Waals surface area (Å²) in [5.41, 5.74) is 0. The second kappa shape index (κ2) is 3.94. The summed E-state index contributed by atoms with van der Waals surface area (Å²) in [7, 11) is 4.24. The van der Waals surface area contributed by atoms with E-state index < -0.39 is 0 Å². The lowest BCUT2D eigenvalue weighted by Crippen LogP contribution is -2.34. The SMILES string of the molecule is CNCC1CCN(C)CC1. The molecule has 0 aromatic rings. The fraction of sp³-hybridized carbons (Fsp3) is 1.00. The number of hydrogen-bond donors (Lipinski definition) is 1. The third kappa shape index (κ3) is 2.27. The molecule has 60 valence electrons. The van der Waals surface area contributed by atoms with Crippen LogP contribution in [0.1, 0.15) is 12.8 Å². The highest BCUT2D eigenvalue weighted by atomic mass is 15.1. The van der Waals surface area contributed by atoms with E-state index in [-0.39, 0.29) is 0 Å². The van der Waals surface area contributed by atoms with Gasteiger partial charge in [0, 0.05) is 0 Å². The molecule has 10 heavy (non-hydrogen) atoms. The summed E-state index contributed by atoms with van der Waals surface area (Å²) >= 11 is 0. The summed E-state index contributed by atoms with van der Waals surface area (Å²) in [5.74, 6) is 0.932. The van der Waals surface area contributed by atoms with E-state index in [1.807, 2.05) is 7.05 Å². The second-order valence-electron chi connectivity index (χ2n) is 3.30. The maximum absolute atomic E-state index is 3.23. The molecule has 0 radical (unpaired) electrons. The van der Waals surface area contributed by atoms with Crippen LogP contribution in [-0.4, -0.2) is 38.6 Å². The second-order valence-corrected chi connectivity index (χ2v) is 3.30. The fourth-order valence-corrected chi connectivity index (χ4v) is 1.55. The maximum atomic E-state index is 3.23. The molecule has 1 fully saturated rings. The first-order chi connectivity index (χ1) is 4.83. The van der Waals surface area contributed by atoms with Gasteiger partial charge in [-0.2, -0.15) is 0 Å². The lowest BCUT2D eigenvalue weighted by Gasteiger charge is -2.28. The molecule has 2 heteroatoms. The van der Waals surface area contributed by atoms with Gasteiger partial charge in [-0.25, -0.2) is 0 Å². The predicted octanol–water partition coefficient (Wildman–Crippen LogP) is 0.548. The van der Waals surface area contributed by atoms with Crippen LogP contribution in [0.15, 0.2) is 0 Å². The van der Waals surface area contributed by atoms with Crippen LogP contribution in [0, 0.1) is 5.92 Å². The Hall–Kier alpha value is -0.0800.